The van der Waals surface area contributed by atoms with Crippen LogP contribution in [0.15, 0.2) is 66.2 Å². The van der Waals surface area contributed by atoms with E-state index in [-0.39, 0.29) is 17.0 Å². The monoisotopic (exact) mass is 469 g/mol. The number of benzene rings is 2. The van der Waals surface area contributed by atoms with Gasteiger partial charge in [0.1, 0.15) is 11.5 Å². The maximum atomic E-state index is 13.0. The van der Waals surface area contributed by atoms with Crippen LogP contribution in [0.5, 0.6) is 5.75 Å². The van der Waals surface area contributed by atoms with E-state index < -0.39 is 35.6 Å². The Hall–Kier alpha value is -4.21. The zero-order chi connectivity index (χ0) is 24.6. The van der Waals surface area contributed by atoms with Crippen LogP contribution in [0.4, 0.5) is 19.0 Å². The highest BCUT2D eigenvalue weighted by Crippen LogP contribution is 2.42. The van der Waals surface area contributed by atoms with E-state index in [0.29, 0.717) is 11.3 Å². The molecule has 0 radical (unpaired) electrons. The Balaban J connectivity index is 1.87. The van der Waals surface area contributed by atoms with Gasteiger partial charge in [0.2, 0.25) is 0 Å². The third kappa shape index (κ3) is 4.47. The summed E-state index contributed by atoms with van der Waals surface area (Å²) >= 11 is 0. The van der Waals surface area contributed by atoms with Gasteiger partial charge in [-0.1, -0.05) is 42.0 Å². The summed E-state index contributed by atoms with van der Waals surface area (Å²) in [5.74, 6) is -2.74. The second kappa shape index (κ2) is 8.62. The lowest BCUT2D eigenvalue weighted by molar-refractivity contribution is -0.274. The summed E-state index contributed by atoms with van der Waals surface area (Å²) < 4.78 is 41.6. The van der Waals surface area contributed by atoms with Gasteiger partial charge < -0.3 is 9.84 Å². The second-order valence-corrected chi connectivity index (χ2v) is 7.68. The van der Waals surface area contributed by atoms with Crippen molar-refractivity contribution in [3.8, 4) is 5.75 Å². The molecule has 2 heterocycles. The average Bonchev–Trinajstić information content (AvgIpc) is 3.04. The summed E-state index contributed by atoms with van der Waals surface area (Å²) in [6.07, 6.45) is -4.88. The number of aliphatic hydroxyl groups is 1. The van der Waals surface area contributed by atoms with Gasteiger partial charge in [0.05, 0.1) is 17.3 Å². The van der Waals surface area contributed by atoms with Crippen molar-refractivity contribution in [2.24, 2.45) is 0 Å². The predicted molar refractivity (Wildman–Crippen MR) is 116 cm³/mol. The zero-order valence-corrected chi connectivity index (χ0v) is 18.0. The van der Waals surface area contributed by atoms with Gasteiger partial charge in [-0.15, -0.1) is 18.3 Å². The number of anilines is 1. The SMILES string of the molecule is Cc1ccc(C(O)=C2C(=O)C(=O)N(c3ccc(C)nn3)C2c2ccc(OC(F)(F)F)cc2)cc1. The molecule has 1 saturated heterocycles. The van der Waals surface area contributed by atoms with Crippen molar-refractivity contribution in [2.75, 3.05) is 4.90 Å². The van der Waals surface area contributed by atoms with Crippen LogP contribution in [0.25, 0.3) is 5.76 Å². The average molecular weight is 469 g/mol. The molecule has 2 aromatic carbocycles. The minimum atomic E-state index is -4.88. The fraction of sp³-hybridized carbons (Fsp3) is 0.167. The molecule has 0 spiro atoms. The molecule has 0 bridgehead atoms. The quantitative estimate of drug-likeness (QED) is 0.341. The number of carbonyl (C=O) groups is 2. The number of hydrogen-bond acceptors (Lipinski definition) is 6. The second-order valence-electron chi connectivity index (χ2n) is 7.68. The first kappa shape index (κ1) is 23.0. The van der Waals surface area contributed by atoms with E-state index >= 15 is 0 Å². The smallest absolute Gasteiger partial charge is 0.507 e. The van der Waals surface area contributed by atoms with Crippen molar-refractivity contribution in [3.63, 3.8) is 0 Å². The highest BCUT2D eigenvalue weighted by molar-refractivity contribution is 6.51. The molecule has 0 aliphatic carbocycles. The van der Waals surface area contributed by atoms with Gasteiger partial charge in [-0.25, -0.2) is 0 Å². The van der Waals surface area contributed by atoms with Crippen molar-refractivity contribution >= 4 is 23.3 Å². The topological polar surface area (TPSA) is 92.6 Å². The fourth-order valence-electron chi connectivity index (χ4n) is 3.62. The Labute approximate surface area is 192 Å². The van der Waals surface area contributed by atoms with Crippen LogP contribution in [0.1, 0.15) is 28.4 Å². The summed E-state index contributed by atoms with van der Waals surface area (Å²) in [6.45, 7) is 3.54. The van der Waals surface area contributed by atoms with E-state index in [1.807, 2.05) is 6.92 Å². The normalized spacial score (nSPS) is 17.8. The van der Waals surface area contributed by atoms with E-state index in [4.69, 9.17) is 0 Å². The number of hydrogen-bond donors (Lipinski definition) is 1. The van der Waals surface area contributed by atoms with Crippen molar-refractivity contribution in [1.82, 2.24) is 10.2 Å². The van der Waals surface area contributed by atoms with E-state index in [0.717, 1.165) is 22.6 Å². The number of halogens is 3. The number of alkyl halides is 3. The molecule has 1 N–H and O–H groups in total. The Bertz CT molecular complexity index is 1270. The minimum Gasteiger partial charge on any atom is -0.507 e. The molecule has 7 nitrogen and oxygen atoms in total. The first-order valence-electron chi connectivity index (χ1n) is 10.1. The molecule has 1 fully saturated rings. The number of aryl methyl sites for hydroxylation is 2. The summed E-state index contributed by atoms with van der Waals surface area (Å²) in [4.78, 5) is 27.1. The van der Waals surface area contributed by atoms with Gasteiger partial charge in [-0.3, -0.25) is 14.5 Å². The molecular formula is C24H18F3N3O4. The number of carbonyl (C=O) groups excluding carboxylic acids is 2. The van der Waals surface area contributed by atoms with E-state index in [1.54, 1.807) is 37.3 Å². The van der Waals surface area contributed by atoms with Gasteiger partial charge >= 0.3 is 12.3 Å². The van der Waals surface area contributed by atoms with Crippen LogP contribution in [0, 0.1) is 13.8 Å². The molecule has 1 aliphatic rings. The predicted octanol–water partition coefficient (Wildman–Crippen LogP) is 4.62. The number of ether oxygens (including phenoxy) is 1. The fourth-order valence-corrected chi connectivity index (χ4v) is 3.62. The number of Topliss-reactive ketones (excluding diaryl/α,β-unsaturated/α-hetero) is 1. The molecule has 0 saturated carbocycles. The summed E-state index contributed by atoms with van der Waals surface area (Å²) in [5, 5.41) is 18.9. The molecule has 3 aromatic rings. The molecule has 1 amide bonds. The van der Waals surface area contributed by atoms with E-state index in [9.17, 15) is 27.9 Å². The van der Waals surface area contributed by atoms with Crippen molar-refractivity contribution in [1.29, 1.82) is 0 Å². The van der Waals surface area contributed by atoms with Crippen LogP contribution in [0.2, 0.25) is 0 Å². The standard InChI is InChI=1S/C24H18F3N3O4/c1-13-3-6-16(7-4-13)21(31)19-20(15-8-10-17(11-9-15)34-24(25,26)27)30(23(33)22(19)32)18-12-5-14(2)28-29-18/h3-12,20,31H,1-2H3. The molecule has 1 atom stereocenters. The summed E-state index contributed by atoms with van der Waals surface area (Å²) in [5.41, 5.74) is 1.85. The largest absolute Gasteiger partial charge is 0.573 e. The van der Waals surface area contributed by atoms with Crippen LogP contribution >= 0.6 is 0 Å². The van der Waals surface area contributed by atoms with Crippen molar-refractivity contribution in [2.45, 2.75) is 26.3 Å². The molecular weight excluding hydrogens is 451 g/mol. The van der Waals surface area contributed by atoms with E-state index in [2.05, 4.69) is 14.9 Å². The van der Waals surface area contributed by atoms with E-state index in [1.165, 1.54) is 18.2 Å². The highest BCUT2D eigenvalue weighted by atomic mass is 19.4. The van der Waals surface area contributed by atoms with Gasteiger partial charge in [0.25, 0.3) is 5.78 Å². The minimum absolute atomic E-state index is 0.0521. The first-order valence-corrected chi connectivity index (χ1v) is 10.1. The van der Waals surface area contributed by atoms with Crippen LogP contribution in [0.3, 0.4) is 0 Å². The number of amides is 1. The number of aromatic nitrogens is 2. The number of aliphatic hydroxyl groups excluding tert-OH is 1. The molecule has 4 rings (SSSR count). The molecule has 1 aliphatic heterocycles. The summed E-state index contributed by atoms with van der Waals surface area (Å²) in [7, 11) is 0. The maximum absolute atomic E-state index is 13.0. The number of rotatable bonds is 4. The van der Waals surface area contributed by atoms with Crippen LogP contribution in [-0.2, 0) is 9.59 Å². The molecule has 10 heteroatoms. The highest BCUT2D eigenvalue weighted by Gasteiger charge is 2.47. The summed E-state index contributed by atoms with van der Waals surface area (Å²) in [6, 6.07) is 13.3. The Morgan fingerprint density at radius 1 is 0.941 bits per heavy atom. The Morgan fingerprint density at radius 2 is 1.59 bits per heavy atom. The maximum Gasteiger partial charge on any atom is 0.573 e. The Morgan fingerprint density at radius 3 is 2.15 bits per heavy atom. The van der Waals surface area contributed by atoms with Gasteiger partial charge in [0, 0.05) is 5.56 Å². The zero-order valence-electron chi connectivity index (χ0n) is 18.0. The lowest BCUT2D eigenvalue weighted by Gasteiger charge is -2.24. The van der Waals surface area contributed by atoms with Gasteiger partial charge in [0.15, 0.2) is 5.82 Å². The van der Waals surface area contributed by atoms with Crippen molar-refractivity contribution < 1.29 is 32.6 Å². The molecule has 1 unspecified atom stereocenters. The third-order valence-corrected chi connectivity index (χ3v) is 5.23. The van der Waals surface area contributed by atoms with Gasteiger partial charge in [-0.05, 0) is 43.7 Å². The number of nitrogens with zero attached hydrogens (tertiary/aromatic N) is 3. The lowest BCUT2D eigenvalue weighted by Crippen LogP contribution is -2.30. The molecule has 1 aromatic heterocycles. The van der Waals surface area contributed by atoms with Crippen LogP contribution in [-0.4, -0.2) is 33.4 Å². The van der Waals surface area contributed by atoms with Gasteiger partial charge in [-0.2, -0.15) is 5.10 Å². The van der Waals surface area contributed by atoms with Crippen molar-refractivity contribution in [3.05, 3.63) is 88.6 Å². The Kier molecular flexibility index (Phi) is 5.82. The number of ketones is 1. The van der Waals surface area contributed by atoms with Crippen LogP contribution < -0.4 is 9.64 Å². The lowest BCUT2D eigenvalue weighted by atomic mass is 9.95. The molecule has 34 heavy (non-hydrogen) atoms. The third-order valence-electron chi connectivity index (χ3n) is 5.23. The first-order chi connectivity index (χ1) is 16.0. The molecule has 174 valence electrons.